The van der Waals surface area contributed by atoms with E-state index >= 15 is 0 Å². The lowest BCUT2D eigenvalue weighted by Crippen LogP contribution is -2.52. The van der Waals surface area contributed by atoms with Crippen LogP contribution in [-0.4, -0.2) is 40.6 Å². The number of carbonyl (C=O) groups excluding carboxylic acids is 4. The van der Waals surface area contributed by atoms with Crippen LogP contribution < -0.4 is 10.6 Å². The van der Waals surface area contributed by atoms with Crippen LogP contribution in [0.5, 0.6) is 0 Å². The molecule has 166 valence electrons. The summed E-state index contributed by atoms with van der Waals surface area (Å²) in [7, 11) is 0. The molecule has 2 atom stereocenters. The number of benzene rings is 1. The second kappa shape index (κ2) is 8.81. The van der Waals surface area contributed by atoms with Crippen LogP contribution in [0.25, 0.3) is 0 Å². The van der Waals surface area contributed by atoms with Crippen molar-refractivity contribution in [3.05, 3.63) is 34.9 Å². The molecule has 4 rings (SSSR count). The maximum atomic E-state index is 13.0. The third-order valence-electron chi connectivity index (χ3n) is 6.96. The van der Waals surface area contributed by atoms with E-state index in [-0.39, 0.29) is 36.7 Å². The number of piperidine rings is 1. The average Bonchev–Trinajstić information content (AvgIpc) is 3.08. The van der Waals surface area contributed by atoms with Crippen molar-refractivity contribution in [2.24, 2.45) is 11.8 Å². The van der Waals surface area contributed by atoms with Crippen molar-refractivity contribution in [2.75, 3.05) is 0 Å². The molecule has 2 aliphatic heterocycles. The summed E-state index contributed by atoms with van der Waals surface area (Å²) in [6, 6.07) is 4.64. The Bertz CT molecular complexity index is 904. The van der Waals surface area contributed by atoms with E-state index in [9.17, 15) is 19.2 Å². The number of nitrogens with zero attached hydrogens (tertiary/aromatic N) is 1. The number of amides is 4. The Hall–Kier alpha value is -2.70. The summed E-state index contributed by atoms with van der Waals surface area (Å²) in [6.07, 6.45) is 6.59. The van der Waals surface area contributed by atoms with Crippen LogP contribution in [-0.2, 0) is 16.1 Å². The van der Waals surface area contributed by atoms with Crippen LogP contribution >= 0.6 is 0 Å². The first-order valence-electron chi connectivity index (χ1n) is 11.4. The summed E-state index contributed by atoms with van der Waals surface area (Å²) in [5.41, 5.74) is 1.81. The van der Waals surface area contributed by atoms with Crippen LogP contribution in [0, 0.1) is 11.8 Å². The van der Waals surface area contributed by atoms with Gasteiger partial charge in [0.1, 0.15) is 6.04 Å². The van der Waals surface area contributed by atoms with Gasteiger partial charge >= 0.3 is 0 Å². The third kappa shape index (κ3) is 4.36. The van der Waals surface area contributed by atoms with Gasteiger partial charge in [-0.3, -0.25) is 24.5 Å². The maximum absolute atomic E-state index is 13.0. The van der Waals surface area contributed by atoms with Crippen LogP contribution in [0.1, 0.15) is 85.1 Å². The summed E-state index contributed by atoms with van der Waals surface area (Å²) in [6.45, 7) is 4.58. The first-order chi connectivity index (χ1) is 14.8. The molecule has 2 N–H and O–H groups in total. The quantitative estimate of drug-likeness (QED) is 0.709. The second-order valence-corrected chi connectivity index (χ2v) is 9.41. The molecule has 7 nitrogen and oxygen atoms in total. The third-order valence-corrected chi connectivity index (χ3v) is 6.96. The lowest BCUT2D eigenvalue weighted by molar-refractivity contribution is -0.136. The lowest BCUT2D eigenvalue weighted by atomic mass is 9.79. The molecule has 0 radical (unpaired) electrons. The van der Waals surface area contributed by atoms with Crippen molar-refractivity contribution >= 4 is 23.6 Å². The second-order valence-electron chi connectivity index (χ2n) is 9.41. The van der Waals surface area contributed by atoms with E-state index in [1.807, 2.05) is 0 Å². The maximum Gasteiger partial charge on any atom is 0.255 e. The summed E-state index contributed by atoms with van der Waals surface area (Å²) < 4.78 is 0. The summed E-state index contributed by atoms with van der Waals surface area (Å²) in [5, 5.41) is 5.56. The number of hydrogen-bond donors (Lipinski definition) is 2. The van der Waals surface area contributed by atoms with Gasteiger partial charge in [-0.2, -0.15) is 0 Å². The van der Waals surface area contributed by atoms with Gasteiger partial charge in [0.05, 0.1) is 0 Å². The smallest absolute Gasteiger partial charge is 0.255 e. The highest BCUT2D eigenvalue weighted by Crippen LogP contribution is 2.31. The van der Waals surface area contributed by atoms with Crippen molar-refractivity contribution in [2.45, 2.75) is 77.4 Å². The number of hydrogen-bond acceptors (Lipinski definition) is 4. The van der Waals surface area contributed by atoms with Crippen molar-refractivity contribution in [3.63, 3.8) is 0 Å². The molecule has 1 unspecified atom stereocenters. The Morgan fingerprint density at radius 2 is 1.84 bits per heavy atom. The van der Waals surface area contributed by atoms with E-state index in [2.05, 4.69) is 24.5 Å². The molecule has 1 saturated carbocycles. The van der Waals surface area contributed by atoms with E-state index in [0.29, 0.717) is 29.4 Å². The molecule has 2 heterocycles. The largest absolute Gasteiger partial charge is 0.349 e. The standard InChI is InChI=1S/C24H31N3O4/c1-14(2)21(15-6-4-3-5-7-15)26-22(29)16-8-9-18-17(12-16)13-27(24(18)31)19-10-11-20(28)25-23(19)30/h8-9,12,14-15,19,21H,3-7,10-11,13H2,1-2H3,(H,26,29)(H,25,28,30)/t19?,21-/m0/s1. The van der Waals surface area contributed by atoms with Crippen molar-refractivity contribution in [1.29, 1.82) is 0 Å². The number of rotatable bonds is 5. The zero-order chi connectivity index (χ0) is 22.1. The normalized spacial score (nSPS) is 23.0. The highest BCUT2D eigenvalue weighted by Gasteiger charge is 2.39. The van der Waals surface area contributed by atoms with Crippen LogP contribution in [0.4, 0.5) is 0 Å². The van der Waals surface area contributed by atoms with Crippen molar-refractivity contribution in [1.82, 2.24) is 15.5 Å². The van der Waals surface area contributed by atoms with E-state index in [1.54, 1.807) is 18.2 Å². The van der Waals surface area contributed by atoms with Crippen LogP contribution in [0.3, 0.4) is 0 Å². The molecule has 1 aliphatic carbocycles. The minimum Gasteiger partial charge on any atom is -0.349 e. The monoisotopic (exact) mass is 425 g/mol. The molecule has 1 saturated heterocycles. The van der Waals surface area contributed by atoms with Gasteiger partial charge in [-0.25, -0.2) is 0 Å². The Morgan fingerprint density at radius 1 is 1.10 bits per heavy atom. The Balaban J connectivity index is 1.48. The van der Waals surface area contributed by atoms with Gasteiger partial charge in [0.15, 0.2) is 0 Å². The highest BCUT2D eigenvalue weighted by molar-refractivity contribution is 6.06. The van der Waals surface area contributed by atoms with E-state index in [4.69, 9.17) is 0 Å². The molecule has 1 aromatic rings. The molecule has 0 bridgehead atoms. The first-order valence-corrected chi connectivity index (χ1v) is 11.4. The molecule has 0 spiro atoms. The molecule has 4 amide bonds. The minimum absolute atomic E-state index is 0.112. The van der Waals surface area contributed by atoms with Gasteiger partial charge in [0, 0.05) is 30.1 Å². The Kier molecular flexibility index (Phi) is 6.12. The van der Waals surface area contributed by atoms with Gasteiger partial charge < -0.3 is 10.2 Å². The molecule has 3 aliphatic rings. The van der Waals surface area contributed by atoms with Gasteiger partial charge in [-0.15, -0.1) is 0 Å². The first kappa shape index (κ1) is 21.5. The Morgan fingerprint density at radius 3 is 2.52 bits per heavy atom. The number of nitrogens with one attached hydrogen (secondary N) is 2. The Labute approximate surface area is 182 Å². The molecule has 1 aromatic carbocycles. The molecule has 0 aromatic heterocycles. The topological polar surface area (TPSA) is 95.6 Å². The van der Waals surface area contributed by atoms with E-state index in [0.717, 1.165) is 18.4 Å². The highest BCUT2D eigenvalue weighted by atomic mass is 16.2. The SMILES string of the molecule is CC(C)[C@H](NC(=O)c1ccc2c(c1)CN(C1CCC(=O)NC1=O)C2=O)C1CCCCC1. The summed E-state index contributed by atoms with van der Waals surface area (Å²) >= 11 is 0. The van der Waals surface area contributed by atoms with Crippen LogP contribution in [0.15, 0.2) is 18.2 Å². The van der Waals surface area contributed by atoms with Crippen LogP contribution in [0.2, 0.25) is 0 Å². The predicted molar refractivity (Wildman–Crippen MR) is 115 cm³/mol. The molecule has 2 fully saturated rings. The van der Waals surface area contributed by atoms with Gasteiger partial charge in [-0.1, -0.05) is 33.1 Å². The lowest BCUT2D eigenvalue weighted by Gasteiger charge is -2.33. The molecule has 31 heavy (non-hydrogen) atoms. The number of carbonyl (C=O) groups is 4. The minimum atomic E-state index is -0.647. The van der Waals surface area contributed by atoms with Gasteiger partial charge in [0.25, 0.3) is 11.8 Å². The van der Waals surface area contributed by atoms with Crippen molar-refractivity contribution < 1.29 is 19.2 Å². The number of fused-ring (bicyclic) bond motifs is 1. The summed E-state index contributed by atoms with van der Waals surface area (Å²) in [4.78, 5) is 51.0. The van der Waals surface area contributed by atoms with E-state index in [1.165, 1.54) is 24.2 Å². The predicted octanol–water partition coefficient (Wildman–Crippen LogP) is 2.78. The van der Waals surface area contributed by atoms with Gasteiger partial charge in [0.2, 0.25) is 11.8 Å². The summed E-state index contributed by atoms with van der Waals surface area (Å²) in [5.74, 6) is -0.204. The fraction of sp³-hybridized carbons (Fsp3) is 0.583. The molecule has 7 heteroatoms. The fourth-order valence-electron chi connectivity index (χ4n) is 5.27. The van der Waals surface area contributed by atoms with Gasteiger partial charge in [-0.05, 0) is 54.9 Å². The fourth-order valence-corrected chi connectivity index (χ4v) is 5.27. The zero-order valence-corrected chi connectivity index (χ0v) is 18.3. The zero-order valence-electron chi connectivity index (χ0n) is 18.3. The molecular formula is C24H31N3O4. The molecular weight excluding hydrogens is 394 g/mol. The van der Waals surface area contributed by atoms with E-state index < -0.39 is 11.9 Å². The van der Waals surface area contributed by atoms with Crippen molar-refractivity contribution in [3.8, 4) is 0 Å². The number of imide groups is 1. The average molecular weight is 426 g/mol.